The Hall–Kier alpha value is -1.43. The van der Waals surface area contributed by atoms with Crippen molar-refractivity contribution in [2.24, 2.45) is 5.92 Å². The summed E-state index contributed by atoms with van der Waals surface area (Å²) in [6.07, 6.45) is 2.57. The van der Waals surface area contributed by atoms with Gasteiger partial charge in [-0.25, -0.2) is 0 Å². The van der Waals surface area contributed by atoms with Gasteiger partial charge in [0.1, 0.15) is 5.54 Å². The van der Waals surface area contributed by atoms with Crippen molar-refractivity contribution in [1.82, 2.24) is 5.32 Å². The van der Waals surface area contributed by atoms with Gasteiger partial charge in [-0.1, -0.05) is 0 Å². The highest BCUT2D eigenvalue weighted by molar-refractivity contribution is 6.24. The summed E-state index contributed by atoms with van der Waals surface area (Å²) in [6, 6.07) is 0. The summed E-state index contributed by atoms with van der Waals surface area (Å²) >= 11 is 0. The van der Waals surface area contributed by atoms with Crippen molar-refractivity contribution in [3.05, 3.63) is 0 Å². The molecular weight excluding hydrogens is 238 g/mol. The quantitative estimate of drug-likeness (QED) is 0.546. The number of hydrogen-bond acceptors (Lipinski definition) is 5. The zero-order valence-corrected chi connectivity index (χ0v) is 10.5. The Balaban J connectivity index is 2.15. The first-order chi connectivity index (χ1) is 8.54. The number of ketones is 1. The molecule has 1 N–H and O–H groups in total. The Kier molecular flexibility index (Phi) is 3.38. The fourth-order valence-corrected chi connectivity index (χ4v) is 2.79. The number of rotatable bonds is 2. The van der Waals surface area contributed by atoms with E-state index >= 15 is 0 Å². The van der Waals surface area contributed by atoms with Gasteiger partial charge in [-0.2, -0.15) is 0 Å². The summed E-state index contributed by atoms with van der Waals surface area (Å²) in [7, 11) is 2.81. The summed E-state index contributed by atoms with van der Waals surface area (Å²) in [4.78, 5) is 35.5. The molecule has 1 heterocycles. The monoisotopic (exact) mass is 255 g/mol. The van der Waals surface area contributed by atoms with E-state index < -0.39 is 23.3 Å². The van der Waals surface area contributed by atoms with Gasteiger partial charge in [-0.15, -0.1) is 0 Å². The van der Waals surface area contributed by atoms with E-state index in [1.807, 2.05) is 0 Å². The first kappa shape index (κ1) is 13.0. The third-order valence-corrected chi connectivity index (χ3v) is 3.91. The van der Waals surface area contributed by atoms with Crippen LogP contribution in [0.5, 0.6) is 0 Å². The van der Waals surface area contributed by atoms with Crippen LogP contribution in [0.4, 0.5) is 0 Å². The Morgan fingerprint density at radius 2 is 1.89 bits per heavy atom. The largest absolute Gasteiger partial charge is 0.468 e. The van der Waals surface area contributed by atoms with Crippen molar-refractivity contribution >= 4 is 17.7 Å². The molecule has 0 aromatic carbocycles. The summed E-state index contributed by atoms with van der Waals surface area (Å²) in [5, 5.41) is 2.68. The molecule has 2 rings (SSSR count). The molecule has 0 aromatic heterocycles. The number of esters is 1. The molecule has 1 aliphatic heterocycles. The van der Waals surface area contributed by atoms with E-state index in [0.29, 0.717) is 25.7 Å². The molecule has 1 aliphatic carbocycles. The van der Waals surface area contributed by atoms with E-state index in [1.54, 1.807) is 7.11 Å². The van der Waals surface area contributed by atoms with Crippen LogP contribution in [0.3, 0.4) is 0 Å². The maximum Gasteiger partial charge on any atom is 0.326 e. The van der Waals surface area contributed by atoms with Crippen LogP contribution in [0.15, 0.2) is 0 Å². The number of methoxy groups -OCH3 is 2. The molecule has 1 unspecified atom stereocenters. The van der Waals surface area contributed by atoms with Gasteiger partial charge in [-0.3, -0.25) is 14.4 Å². The fraction of sp³-hybridized carbons (Fsp3) is 0.750. The molecule has 100 valence electrons. The fourth-order valence-electron chi connectivity index (χ4n) is 2.79. The molecule has 1 saturated carbocycles. The molecule has 2 aliphatic rings. The SMILES string of the molecule is COC(=O)C1C(=O)NC2(CCC(OC)CC2)C1=O. The zero-order valence-electron chi connectivity index (χ0n) is 10.5. The van der Waals surface area contributed by atoms with Crippen molar-refractivity contribution in [3.8, 4) is 0 Å². The van der Waals surface area contributed by atoms with E-state index in [-0.39, 0.29) is 11.9 Å². The van der Waals surface area contributed by atoms with E-state index in [2.05, 4.69) is 10.1 Å². The second kappa shape index (κ2) is 4.68. The maximum atomic E-state index is 12.3. The number of amides is 1. The van der Waals surface area contributed by atoms with Crippen molar-refractivity contribution in [2.75, 3.05) is 14.2 Å². The van der Waals surface area contributed by atoms with Gasteiger partial charge in [0, 0.05) is 7.11 Å². The molecule has 0 radical (unpaired) electrons. The van der Waals surface area contributed by atoms with Gasteiger partial charge in [0.25, 0.3) is 0 Å². The van der Waals surface area contributed by atoms with Crippen molar-refractivity contribution in [2.45, 2.75) is 37.3 Å². The normalized spacial score (nSPS) is 35.7. The lowest BCUT2D eigenvalue weighted by Gasteiger charge is -2.35. The molecule has 1 spiro atoms. The zero-order chi connectivity index (χ0) is 13.3. The maximum absolute atomic E-state index is 12.3. The number of Topliss-reactive ketones (excluding diaryl/α,β-unsaturated/α-hetero) is 1. The number of carbonyl (C=O) groups is 3. The minimum Gasteiger partial charge on any atom is -0.468 e. The highest BCUT2D eigenvalue weighted by Gasteiger charge is 2.56. The van der Waals surface area contributed by atoms with E-state index in [0.717, 1.165) is 0 Å². The topological polar surface area (TPSA) is 81.7 Å². The Morgan fingerprint density at radius 1 is 1.28 bits per heavy atom. The van der Waals surface area contributed by atoms with Gasteiger partial charge < -0.3 is 14.8 Å². The van der Waals surface area contributed by atoms with E-state index in [9.17, 15) is 14.4 Å². The molecule has 1 atom stereocenters. The molecule has 1 amide bonds. The second-order valence-corrected chi connectivity index (χ2v) is 4.83. The lowest BCUT2D eigenvalue weighted by Crippen LogP contribution is -2.50. The van der Waals surface area contributed by atoms with Crippen LogP contribution < -0.4 is 5.32 Å². The van der Waals surface area contributed by atoms with Crippen LogP contribution in [0.2, 0.25) is 0 Å². The third-order valence-electron chi connectivity index (χ3n) is 3.91. The molecule has 0 bridgehead atoms. The lowest BCUT2D eigenvalue weighted by atomic mass is 9.77. The predicted octanol–water partition coefficient (Wildman–Crippen LogP) is -0.198. The van der Waals surface area contributed by atoms with Gasteiger partial charge in [0.05, 0.1) is 13.2 Å². The smallest absolute Gasteiger partial charge is 0.326 e. The number of hydrogen-bond donors (Lipinski definition) is 1. The molecule has 2 fully saturated rings. The first-order valence-electron chi connectivity index (χ1n) is 6.01. The summed E-state index contributed by atoms with van der Waals surface area (Å²) in [5.41, 5.74) is -0.884. The van der Waals surface area contributed by atoms with Gasteiger partial charge in [0.15, 0.2) is 11.7 Å². The second-order valence-electron chi connectivity index (χ2n) is 4.83. The van der Waals surface area contributed by atoms with Gasteiger partial charge >= 0.3 is 5.97 Å². The average Bonchev–Trinajstić information content (AvgIpc) is 2.61. The van der Waals surface area contributed by atoms with Gasteiger partial charge in [0.2, 0.25) is 5.91 Å². The average molecular weight is 255 g/mol. The summed E-state index contributed by atoms with van der Waals surface area (Å²) < 4.78 is 9.74. The summed E-state index contributed by atoms with van der Waals surface area (Å²) in [6.45, 7) is 0. The summed E-state index contributed by atoms with van der Waals surface area (Å²) in [5.74, 6) is -2.96. The Labute approximate surface area is 105 Å². The van der Waals surface area contributed by atoms with E-state index in [4.69, 9.17) is 4.74 Å². The molecular formula is C12H17NO5. The molecule has 18 heavy (non-hydrogen) atoms. The molecule has 6 heteroatoms. The third kappa shape index (κ3) is 1.90. The highest BCUT2D eigenvalue weighted by atomic mass is 16.5. The Bertz CT molecular complexity index is 384. The van der Waals surface area contributed by atoms with Crippen LogP contribution in [-0.4, -0.2) is 43.5 Å². The first-order valence-corrected chi connectivity index (χ1v) is 6.01. The number of nitrogens with one attached hydrogen (secondary N) is 1. The van der Waals surface area contributed by atoms with Crippen LogP contribution in [0.25, 0.3) is 0 Å². The lowest BCUT2D eigenvalue weighted by molar-refractivity contribution is -0.151. The Morgan fingerprint density at radius 3 is 2.39 bits per heavy atom. The van der Waals surface area contributed by atoms with Crippen LogP contribution in [-0.2, 0) is 23.9 Å². The molecule has 0 aromatic rings. The van der Waals surface area contributed by atoms with Crippen molar-refractivity contribution < 1.29 is 23.9 Å². The highest BCUT2D eigenvalue weighted by Crippen LogP contribution is 2.36. The minimum absolute atomic E-state index is 0.123. The van der Waals surface area contributed by atoms with Gasteiger partial charge in [-0.05, 0) is 25.7 Å². The number of carbonyl (C=O) groups excluding carboxylic acids is 3. The van der Waals surface area contributed by atoms with Crippen LogP contribution >= 0.6 is 0 Å². The predicted molar refractivity (Wildman–Crippen MR) is 60.7 cm³/mol. The number of ether oxygens (including phenoxy) is 2. The minimum atomic E-state index is -1.30. The molecule has 6 nitrogen and oxygen atoms in total. The van der Waals surface area contributed by atoms with E-state index in [1.165, 1.54) is 7.11 Å². The molecule has 1 saturated heterocycles. The van der Waals surface area contributed by atoms with Crippen molar-refractivity contribution in [1.29, 1.82) is 0 Å². The van der Waals surface area contributed by atoms with Crippen molar-refractivity contribution in [3.63, 3.8) is 0 Å². The van der Waals surface area contributed by atoms with Crippen LogP contribution in [0.1, 0.15) is 25.7 Å². The van der Waals surface area contributed by atoms with Crippen LogP contribution in [0, 0.1) is 5.92 Å². The standard InChI is InChI=1S/C12H17NO5/c1-17-7-3-5-12(6-4-7)9(14)8(10(15)13-12)11(16)18-2/h7-8H,3-6H2,1-2H3,(H,13,15).